The maximum Gasteiger partial charge on any atom is 0.673 e. The molecule has 1 heterocycles. The molecule has 0 aliphatic carbocycles. The molecule has 0 N–H and O–H groups in total. The summed E-state index contributed by atoms with van der Waals surface area (Å²) < 4.78 is 40.2. The Kier molecular flexibility index (Phi) is 4.41. The van der Waals surface area contributed by atoms with E-state index in [9.17, 15) is 17.3 Å². The van der Waals surface area contributed by atoms with Gasteiger partial charge in [-0.2, -0.15) is 5.26 Å². The van der Waals surface area contributed by atoms with Crippen molar-refractivity contribution in [3.63, 3.8) is 0 Å². The lowest BCUT2D eigenvalue weighted by Crippen LogP contribution is -2.02. The summed E-state index contributed by atoms with van der Waals surface area (Å²) in [4.78, 5) is 0. The van der Waals surface area contributed by atoms with Crippen molar-refractivity contribution in [1.82, 2.24) is 0 Å². The molecule has 2 aromatic rings. The van der Waals surface area contributed by atoms with Gasteiger partial charge in [-0.1, -0.05) is 12.1 Å². The van der Waals surface area contributed by atoms with Gasteiger partial charge in [0.05, 0.1) is 10.9 Å². The minimum Gasteiger partial charge on any atom is -0.418 e. The van der Waals surface area contributed by atoms with Crippen LogP contribution in [-0.2, 0) is 0 Å². The molecular formula is C10H6BF4NS. The van der Waals surface area contributed by atoms with Crippen molar-refractivity contribution < 1.29 is 17.3 Å². The fourth-order valence-corrected chi connectivity index (χ4v) is 1.97. The van der Waals surface area contributed by atoms with Crippen LogP contribution in [0.15, 0.2) is 35.7 Å². The maximum absolute atomic E-state index is 9.75. The van der Waals surface area contributed by atoms with Gasteiger partial charge in [0.2, 0.25) is 16.0 Å². The molecule has 2 rings (SSSR count). The smallest absolute Gasteiger partial charge is 0.418 e. The third-order valence-corrected chi connectivity index (χ3v) is 2.61. The lowest BCUT2D eigenvalue weighted by Gasteiger charge is -1.94. The number of hydrogen-bond acceptors (Lipinski definition) is 1. The first kappa shape index (κ1) is 13.4. The molecule has 88 valence electrons. The third-order valence-electron chi connectivity index (χ3n) is 1.73. The van der Waals surface area contributed by atoms with E-state index >= 15 is 0 Å². The van der Waals surface area contributed by atoms with Gasteiger partial charge in [-0.15, -0.1) is 0 Å². The topological polar surface area (TPSA) is 23.8 Å². The molecule has 0 spiro atoms. The van der Waals surface area contributed by atoms with Crippen molar-refractivity contribution in [3.05, 3.63) is 41.3 Å². The Morgan fingerprint density at radius 1 is 1.06 bits per heavy atom. The van der Waals surface area contributed by atoms with E-state index in [-0.39, 0.29) is 0 Å². The summed E-state index contributed by atoms with van der Waals surface area (Å²) in [6.45, 7) is 0. The van der Waals surface area contributed by atoms with Crippen LogP contribution in [0.1, 0.15) is 5.56 Å². The highest BCUT2D eigenvalue weighted by Crippen LogP contribution is 2.21. The van der Waals surface area contributed by atoms with Crippen LogP contribution in [0.5, 0.6) is 0 Å². The monoisotopic (exact) mass is 259 g/mol. The molecule has 0 aliphatic heterocycles. The van der Waals surface area contributed by atoms with Crippen LogP contribution in [0.3, 0.4) is 0 Å². The van der Waals surface area contributed by atoms with Crippen molar-refractivity contribution in [2.24, 2.45) is 0 Å². The summed E-state index contributed by atoms with van der Waals surface area (Å²) in [6.07, 6.45) is 0. The summed E-state index contributed by atoms with van der Waals surface area (Å²) in [5.41, 5.74) is 0.754. The minimum atomic E-state index is -6.00. The van der Waals surface area contributed by atoms with E-state index in [0.29, 0.717) is 0 Å². The van der Waals surface area contributed by atoms with Crippen molar-refractivity contribution in [2.75, 3.05) is 0 Å². The van der Waals surface area contributed by atoms with Gasteiger partial charge in [0.15, 0.2) is 5.38 Å². The van der Waals surface area contributed by atoms with E-state index in [1.807, 2.05) is 35.7 Å². The molecule has 0 saturated heterocycles. The van der Waals surface area contributed by atoms with Crippen LogP contribution >= 0.6 is 11.3 Å². The zero-order valence-electron chi connectivity index (χ0n) is 8.41. The molecule has 17 heavy (non-hydrogen) atoms. The zero-order valence-corrected chi connectivity index (χ0v) is 9.23. The van der Waals surface area contributed by atoms with Crippen molar-refractivity contribution in [3.8, 4) is 6.07 Å². The van der Waals surface area contributed by atoms with Gasteiger partial charge in [-0.05, 0) is 6.07 Å². The Morgan fingerprint density at radius 2 is 1.65 bits per heavy atom. The maximum atomic E-state index is 9.75. The number of hydrogen-bond donors (Lipinski definition) is 0. The lowest BCUT2D eigenvalue weighted by atomic mass is 10.2. The number of nitriles is 1. The summed E-state index contributed by atoms with van der Waals surface area (Å²) in [7, 11) is -6.00. The van der Waals surface area contributed by atoms with E-state index in [2.05, 4.69) is 6.07 Å². The molecule has 0 saturated carbocycles. The van der Waals surface area contributed by atoms with Crippen molar-refractivity contribution in [1.29, 1.82) is 5.26 Å². The second kappa shape index (κ2) is 5.59. The van der Waals surface area contributed by atoms with Crippen LogP contribution in [0.2, 0.25) is 0 Å². The largest absolute Gasteiger partial charge is 0.673 e. The van der Waals surface area contributed by atoms with E-state index in [1.54, 1.807) is 11.3 Å². The molecule has 1 aromatic heterocycles. The first-order chi connectivity index (χ1) is 7.92. The average Bonchev–Trinajstić information content (AvgIpc) is 2.26. The first-order valence-corrected chi connectivity index (χ1v) is 5.37. The second-order valence-electron chi connectivity index (χ2n) is 2.94. The number of benzene rings is 1. The standard InChI is InChI=1S/C10H6NS.BF4/c11-7-8-5-6-12-10-4-2-1-3-9(8)10;2-1(3,4)5/h1-6H;/q+1;-1. The molecule has 1 nitrogen and oxygen atoms in total. The average molecular weight is 259 g/mol. The van der Waals surface area contributed by atoms with Crippen molar-refractivity contribution in [2.45, 2.75) is 0 Å². The van der Waals surface area contributed by atoms with E-state index in [0.717, 1.165) is 15.6 Å². The zero-order chi connectivity index (χ0) is 12.9. The normalized spacial score (nSPS) is 10.3. The lowest BCUT2D eigenvalue weighted by molar-refractivity contribution is 0.368. The summed E-state index contributed by atoms with van der Waals surface area (Å²) >= 11 is 1.66. The van der Waals surface area contributed by atoms with Crippen LogP contribution in [0, 0.1) is 11.3 Å². The molecule has 0 radical (unpaired) electrons. The first-order valence-electron chi connectivity index (χ1n) is 4.49. The Morgan fingerprint density at radius 3 is 2.24 bits per heavy atom. The molecule has 0 unspecified atom stereocenters. The number of halogens is 4. The third kappa shape index (κ3) is 4.79. The van der Waals surface area contributed by atoms with Gasteiger partial charge in [0, 0.05) is 12.1 Å². The quantitative estimate of drug-likeness (QED) is 0.392. The Bertz CT molecular complexity index is 538. The highest BCUT2D eigenvalue weighted by Gasteiger charge is 2.20. The minimum absolute atomic E-state index is 0.754. The summed E-state index contributed by atoms with van der Waals surface area (Å²) in [6, 6.07) is 12.0. The predicted molar refractivity (Wildman–Crippen MR) is 61.1 cm³/mol. The van der Waals surface area contributed by atoms with Crippen LogP contribution in [0.25, 0.3) is 10.1 Å². The van der Waals surface area contributed by atoms with Gasteiger partial charge >= 0.3 is 7.25 Å². The molecule has 7 heteroatoms. The second-order valence-corrected chi connectivity index (χ2v) is 3.88. The van der Waals surface area contributed by atoms with Gasteiger partial charge in [-0.25, -0.2) is 0 Å². The van der Waals surface area contributed by atoms with Crippen LogP contribution < -0.4 is 0 Å². The SMILES string of the molecule is F[B-](F)(F)F.N#Cc1cc[s+]c2ccccc12. The summed E-state index contributed by atoms with van der Waals surface area (Å²) in [5.74, 6) is 0. The van der Waals surface area contributed by atoms with Crippen molar-refractivity contribution >= 4 is 28.7 Å². The van der Waals surface area contributed by atoms with Crippen LogP contribution in [-0.4, -0.2) is 7.25 Å². The molecule has 0 bridgehead atoms. The van der Waals surface area contributed by atoms with Gasteiger partial charge < -0.3 is 17.3 Å². The van der Waals surface area contributed by atoms with Gasteiger partial charge in [0.1, 0.15) is 6.07 Å². The highest BCUT2D eigenvalue weighted by molar-refractivity contribution is 7.16. The molecule has 1 aromatic carbocycles. The molecule has 0 aliphatic rings. The van der Waals surface area contributed by atoms with Gasteiger partial charge in [0.25, 0.3) is 0 Å². The summed E-state index contributed by atoms with van der Waals surface area (Å²) in [5, 5.41) is 11.8. The van der Waals surface area contributed by atoms with E-state index < -0.39 is 7.25 Å². The van der Waals surface area contributed by atoms with E-state index in [4.69, 9.17) is 5.26 Å². The molecule has 0 atom stereocenters. The Labute approximate surface area is 99.0 Å². The molecule has 0 amide bonds. The fourth-order valence-electron chi connectivity index (χ4n) is 1.15. The Balaban J connectivity index is 0.000000249. The number of fused-ring (bicyclic) bond motifs is 1. The van der Waals surface area contributed by atoms with Crippen LogP contribution in [0.4, 0.5) is 17.3 Å². The Hall–Kier alpha value is -1.68. The van der Waals surface area contributed by atoms with Gasteiger partial charge in [-0.3, -0.25) is 0 Å². The number of rotatable bonds is 0. The number of nitrogens with zero attached hydrogens (tertiary/aromatic N) is 1. The molecule has 0 fully saturated rings. The predicted octanol–water partition coefficient (Wildman–Crippen LogP) is 4.35. The highest BCUT2D eigenvalue weighted by atomic mass is 32.1. The molecular weight excluding hydrogens is 253 g/mol. The fraction of sp³-hybridized carbons (Fsp3) is 0. The van der Waals surface area contributed by atoms with E-state index in [1.165, 1.54) is 0 Å².